The Kier molecular flexibility index (Phi) is 12.6. The molecule has 1 aliphatic carbocycles. The molecule has 4 fully saturated rings. The van der Waals surface area contributed by atoms with Gasteiger partial charge in [-0.15, -0.1) is 0 Å². The fourth-order valence-electron chi connectivity index (χ4n) is 10.9. The Balaban J connectivity index is 0.746. The second-order valence-corrected chi connectivity index (χ2v) is 23.4. The molecule has 0 bridgehead atoms. The van der Waals surface area contributed by atoms with E-state index in [0.717, 1.165) is 123 Å². The van der Waals surface area contributed by atoms with Gasteiger partial charge in [-0.3, -0.25) is 34.5 Å². The maximum atomic E-state index is 13.7. The van der Waals surface area contributed by atoms with Crippen molar-refractivity contribution in [3.05, 3.63) is 87.7 Å². The van der Waals surface area contributed by atoms with Gasteiger partial charge >= 0.3 is 0 Å². The van der Waals surface area contributed by atoms with Crippen LogP contribution in [-0.2, 0) is 37.2 Å². The number of nitrogens with zero attached hydrogens (tertiary/aromatic N) is 7. The van der Waals surface area contributed by atoms with Crippen LogP contribution < -0.4 is 35.8 Å². The van der Waals surface area contributed by atoms with Crippen LogP contribution in [0.2, 0.25) is 0 Å². The Morgan fingerprint density at radius 1 is 0.897 bits per heavy atom. The Morgan fingerprint density at radius 2 is 1.68 bits per heavy atom. The van der Waals surface area contributed by atoms with E-state index in [1.165, 1.54) is 16.8 Å². The van der Waals surface area contributed by atoms with Gasteiger partial charge in [0.15, 0.2) is 0 Å². The molecule has 3 amide bonds. The molecule has 0 radical (unpaired) electrons. The highest BCUT2D eigenvalue weighted by atomic mass is 79.9. The molecule has 2 aromatic heterocycles. The summed E-state index contributed by atoms with van der Waals surface area (Å²) in [5.74, 6) is 1.02. The molecule has 10 rings (SSSR count). The summed E-state index contributed by atoms with van der Waals surface area (Å²) < 4.78 is 20.3. The number of rotatable bonds is 13. The first-order chi connectivity index (χ1) is 32.7. The Hall–Kier alpha value is -5.41. The number of carbonyl (C=O) groups excluding carboxylic acids is 3. The topological polar surface area (TPSA) is 165 Å². The van der Waals surface area contributed by atoms with Crippen LogP contribution in [0.25, 0.3) is 10.9 Å². The minimum atomic E-state index is -2.73. The van der Waals surface area contributed by atoms with Crippen molar-refractivity contribution < 1.29 is 23.7 Å². The van der Waals surface area contributed by atoms with Crippen LogP contribution in [0.3, 0.4) is 0 Å². The smallest absolute Gasteiger partial charge is 0.249 e. The molecule has 1 spiro atoms. The third kappa shape index (κ3) is 8.89. The van der Waals surface area contributed by atoms with E-state index >= 15 is 0 Å². The van der Waals surface area contributed by atoms with Gasteiger partial charge < -0.3 is 29.7 Å². The average Bonchev–Trinajstić information content (AvgIpc) is 4.11. The first kappa shape index (κ1) is 46.3. The fourth-order valence-corrected chi connectivity index (χ4v) is 12.7. The molecule has 1 atom stereocenters. The van der Waals surface area contributed by atoms with Crippen LogP contribution in [0.4, 0.5) is 34.5 Å². The van der Waals surface area contributed by atoms with Crippen molar-refractivity contribution in [1.82, 2.24) is 30.1 Å². The molecule has 5 aliphatic rings. The number of hydrogen-bond donors (Lipinski definition) is 3. The summed E-state index contributed by atoms with van der Waals surface area (Å²) in [6.45, 7) is 14.8. The van der Waals surface area contributed by atoms with Crippen LogP contribution in [0.15, 0.2) is 65.3 Å². The predicted molar refractivity (Wildman–Crippen MR) is 272 cm³/mol. The normalized spacial score (nSPS) is 20.0. The number of pyridine rings is 1. The van der Waals surface area contributed by atoms with Crippen LogP contribution in [0.1, 0.15) is 67.8 Å². The number of piperidine rings is 2. The molecular weight excluding hydrogens is 944 g/mol. The largest absolute Gasteiger partial charge is 0.494 e. The molecule has 3 aromatic carbocycles. The lowest BCUT2D eigenvalue weighted by atomic mass is 9.95. The van der Waals surface area contributed by atoms with Crippen molar-refractivity contribution in [2.24, 2.45) is 0 Å². The summed E-state index contributed by atoms with van der Waals surface area (Å²) in [4.78, 5) is 61.9. The number of fused-ring (bicyclic) bond motifs is 3. The minimum absolute atomic E-state index is 0.0168. The van der Waals surface area contributed by atoms with Gasteiger partial charge in [-0.1, -0.05) is 25.1 Å². The van der Waals surface area contributed by atoms with Gasteiger partial charge in [-0.2, -0.15) is 4.98 Å². The number of aryl methyl sites for hydroxylation is 2. The zero-order chi connectivity index (χ0) is 47.5. The number of benzene rings is 3. The number of hydrogen-bond acceptors (Lipinski definition) is 13. The zero-order valence-electron chi connectivity index (χ0n) is 39.5. The number of aromatic nitrogens is 3. The highest BCUT2D eigenvalue weighted by Gasteiger charge is 2.61. The molecule has 3 saturated heterocycles. The highest BCUT2D eigenvalue weighted by Crippen LogP contribution is 2.58. The SMILES string of the molecule is CCc1cc(Nc2ncc(Br)c(Nc3ccc4nc(C)ccc4c3P(C)(C)=O)n2)c(OC)cc1N1CCC(N2CCN(CCc3ccc4c(c3)C3(CC3)C(=O)N4C3CCC(=O)NC3=O)CC2)CC1. The van der Waals surface area contributed by atoms with Crippen LogP contribution in [-0.4, -0.2) is 121 Å². The summed E-state index contributed by atoms with van der Waals surface area (Å²) in [5, 5.41) is 10.9. The van der Waals surface area contributed by atoms with Crippen LogP contribution >= 0.6 is 23.1 Å². The van der Waals surface area contributed by atoms with Gasteiger partial charge in [0.2, 0.25) is 23.7 Å². The lowest BCUT2D eigenvalue weighted by Crippen LogP contribution is -2.54. The minimum Gasteiger partial charge on any atom is -0.494 e. The number of halogens is 1. The zero-order valence-corrected chi connectivity index (χ0v) is 42.0. The molecule has 6 heterocycles. The van der Waals surface area contributed by atoms with Crippen molar-refractivity contribution in [1.29, 1.82) is 0 Å². The summed E-state index contributed by atoms with van der Waals surface area (Å²) >= 11 is 3.63. The second-order valence-electron chi connectivity index (χ2n) is 19.4. The molecular formula is C51H60BrN10O5P. The van der Waals surface area contributed by atoms with Gasteiger partial charge in [0.1, 0.15) is 24.8 Å². The van der Waals surface area contributed by atoms with Gasteiger partial charge in [0.25, 0.3) is 0 Å². The van der Waals surface area contributed by atoms with E-state index in [0.29, 0.717) is 40.1 Å². The van der Waals surface area contributed by atoms with Crippen molar-refractivity contribution in [2.45, 2.75) is 82.7 Å². The Morgan fingerprint density at radius 3 is 2.38 bits per heavy atom. The predicted octanol–water partition coefficient (Wildman–Crippen LogP) is 7.41. The lowest BCUT2D eigenvalue weighted by molar-refractivity contribution is -0.135. The van der Waals surface area contributed by atoms with E-state index in [1.807, 2.05) is 37.3 Å². The standard InChI is InChI=1S/C51H60BrN10O5P/c1-6-33-28-40(56-50-53-30-37(52)47(58-50)55-39-11-10-38-35(9-7-31(2)54-38)46(39)68(4,5)66)44(67-3)29-43(33)61-21-16-34(17-22-61)60-25-23-59(24-26-60)20-15-32-8-12-41-36(27-32)51(18-19-51)49(65)62(41)42-13-14-45(63)57-48(42)64/h7-12,27-30,34,42H,6,13-26H2,1-5H3,(H,57,63,64)(H2,53,55,56,58). The van der Waals surface area contributed by atoms with E-state index < -0.39 is 18.6 Å². The number of amides is 3. The monoisotopic (exact) mass is 1000 g/mol. The number of imide groups is 1. The van der Waals surface area contributed by atoms with Crippen molar-refractivity contribution in [3.8, 4) is 5.75 Å². The molecule has 17 heteroatoms. The first-order valence-corrected chi connectivity index (χ1v) is 27.4. The maximum Gasteiger partial charge on any atom is 0.249 e. The summed E-state index contributed by atoms with van der Waals surface area (Å²) in [7, 11) is -1.04. The lowest BCUT2D eigenvalue weighted by Gasteiger charge is -2.43. The van der Waals surface area contributed by atoms with E-state index in [4.69, 9.17) is 9.72 Å². The summed E-state index contributed by atoms with van der Waals surface area (Å²) in [6, 6.07) is 18.4. The number of carbonyl (C=O) groups is 3. The average molecular weight is 1000 g/mol. The molecule has 1 unspecified atom stereocenters. The van der Waals surface area contributed by atoms with Gasteiger partial charge in [0.05, 0.1) is 33.9 Å². The quantitative estimate of drug-likeness (QED) is 0.0790. The Labute approximate surface area is 406 Å². The third-order valence-electron chi connectivity index (χ3n) is 14.7. The first-order valence-electron chi connectivity index (χ1n) is 24.0. The molecule has 68 heavy (non-hydrogen) atoms. The number of methoxy groups -OCH3 is 1. The van der Waals surface area contributed by atoms with E-state index in [-0.39, 0.29) is 24.1 Å². The molecule has 3 N–H and O–H groups in total. The van der Waals surface area contributed by atoms with Crippen LogP contribution in [0.5, 0.6) is 5.75 Å². The van der Waals surface area contributed by atoms with Crippen LogP contribution in [0, 0.1) is 6.92 Å². The Bertz CT molecular complexity index is 2870. The molecule has 5 aromatic rings. The van der Waals surface area contributed by atoms with E-state index in [2.05, 4.69) is 87.7 Å². The molecule has 1 saturated carbocycles. The number of ether oxygens (including phenoxy) is 1. The summed E-state index contributed by atoms with van der Waals surface area (Å²) in [6.07, 6.45) is 7.90. The van der Waals surface area contributed by atoms with Crippen molar-refractivity contribution >= 4 is 91.5 Å². The van der Waals surface area contributed by atoms with Crippen molar-refractivity contribution in [3.63, 3.8) is 0 Å². The summed E-state index contributed by atoms with van der Waals surface area (Å²) in [5.41, 5.74) is 8.24. The molecule has 356 valence electrons. The van der Waals surface area contributed by atoms with E-state index in [9.17, 15) is 18.9 Å². The molecule has 15 nitrogen and oxygen atoms in total. The van der Waals surface area contributed by atoms with E-state index in [1.54, 1.807) is 31.5 Å². The highest BCUT2D eigenvalue weighted by molar-refractivity contribution is 9.10. The van der Waals surface area contributed by atoms with Gasteiger partial charge in [-0.05, 0) is 128 Å². The van der Waals surface area contributed by atoms with Crippen molar-refractivity contribution in [2.75, 3.05) is 86.7 Å². The van der Waals surface area contributed by atoms with Gasteiger partial charge in [-0.25, -0.2) is 4.98 Å². The third-order valence-corrected chi connectivity index (χ3v) is 16.9. The molecule has 4 aliphatic heterocycles. The maximum absolute atomic E-state index is 13.7. The number of nitrogens with one attached hydrogen (secondary N) is 3. The number of piperazine rings is 1. The van der Waals surface area contributed by atoms with Gasteiger partial charge in [0, 0.05) is 98.3 Å². The second kappa shape index (κ2) is 18.5. The fraction of sp³-hybridized carbons (Fsp3) is 0.451. The number of anilines is 6.